The van der Waals surface area contributed by atoms with Crippen molar-refractivity contribution in [2.75, 3.05) is 19.6 Å². The van der Waals surface area contributed by atoms with Gasteiger partial charge in [0.15, 0.2) is 0 Å². The smallest absolute Gasteiger partial charge is 0.114 e. The first-order valence-electron chi connectivity index (χ1n) is 6.87. The highest BCUT2D eigenvalue weighted by Gasteiger charge is 2.47. The van der Waals surface area contributed by atoms with Gasteiger partial charge in [-0.25, -0.2) is 4.98 Å². The lowest BCUT2D eigenvalue weighted by Crippen LogP contribution is -2.61. The average Bonchev–Trinajstić information content (AvgIpc) is 2.79. The number of nitrogens with two attached hydrogens (primary N) is 1. The van der Waals surface area contributed by atoms with Gasteiger partial charge in [-0.3, -0.25) is 0 Å². The molecule has 3 aliphatic heterocycles. The number of thiazole rings is 1. The van der Waals surface area contributed by atoms with Crippen molar-refractivity contribution in [2.45, 2.75) is 44.6 Å². The molecule has 18 heavy (non-hydrogen) atoms. The molecule has 3 fully saturated rings. The molecule has 3 aliphatic rings. The molecule has 0 spiro atoms. The van der Waals surface area contributed by atoms with E-state index in [0.29, 0.717) is 5.92 Å². The molecular weight excluding hydrogens is 242 g/mol. The Morgan fingerprint density at radius 3 is 2.50 bits per heavy atom. The molecule has 0 amide bonds. The molecule has 1 aromatic rings. The van der Waals surface area contributed by atoms with Crippen LogP contribution in [0.4, 0.5) is 0 Å². The summed E-state index contributed by atoms with van der Waals surface area (Å²) >= 11 is 1.76. The Hall–Kier alpha value is -0.450. The number of aromatic nitrogens is 1. The topological polar surface area (TPSA) is 42.1 Å². The second-order valence-electron chi connectivity index (χ2n) is 6.88. The molecule has 0 saturated carbocycles. The maximum absolute atomic E-state index is 6.73. The van der Waals surface area contributed by atoms with E-state index in [9.17, 15) is 0 Å². The van der Waals surface area contributed by atoms with Gasteiger partial charge in [-0.2, -0.15) is 0 Å². The summed E-state index contributed by atoms with van der Waals surface area (Å²) in [5.41, 5.74) is 7.85. The second kappa shape index (κ2) is 4.02. The maximum Gasteiger partial charge on any atom is 0.114 e. The van der Waals surface area contributed by atoms with Crippen molar-refractivity contribution in [3.63, 3.8) is 0 Å². The average molecular weight is 265 g/mol. The van der Waals surface area contributed by atoms with E-state index in [4.69, 9.17) is 10.7 Å². The number of hydrogen-bond donors (Lipinski definition) is 1. The Bertz CT molecular complexity index is 440. The molecule has 2 N–H and O–H groups in total. The Morgan fingerprint density at radius 2 is 2.06 bits per heavy atom. The minimum Gasteiger partial charge on any atom is -0.318 e. The van der Waals surface area contributed by atoms with Crippen LogP contribution in [-0.2, 0) is 11.0 Å². The van der Waals surface area contributed by atoms with E-state index in [1.54, 1.807) is 11.3 Å². The standard InChI is InChI=1S/C14H23N3S/c1-13(2,3)11-8-18-12(16-11)14(15)9-17-6-4-10(14)5-7-17/h8,10H,4-7,9,15H2,1-3H3. The van der Waals surface area contributed by atoms with Crippen molar-refractivity contribution in [1.82, 2.24) is 9.88 Å². The molecule has 1 aromatic heterocycles. The van der Waals surface area contributed by atoms with Gasteiger partial charge in [-0.15, -0.1) is 11.3 Å². The van der Waals surface area contributed by atoms with Crippen molar-refractivity contribution in [2.24, 2.45) is 11.7 Å². The van der Waals surface area contributed by atoms with Crippen molar-refractivity contribution in [3.8, 4) is 0 Å². The Kier molecular flexibility index (Phi) is 2.81. The van der Waals surface area contributed by atoms with E-state index >= 15 is 0 Å². The van der Waals surface area contributed by atoms with Crippen molar-refractivity contribution >= 4 is 11.3 Å². The van der Waals surface area contributed by atoms with E-state index in [0.717, 1.165) is 11.6 Å². The van der Waals surface area contributed by atoms with Crippen molar-refractivity contribution in [3.05, 3.63) is 16.1 Å². The maximum atomic E-state index is 6.73. The lowest BCUT2D eigenvalue weighted by atomic mass is 9.74. The first kappa shape index (κ1) is 12.6. The molecule has 3 nitrogen and oxygen atoms in total. The van der Waals surface area contributed by atoms with Gasteiger partial charge in [0.2, 0.25) is 0 Å². The molecule has 2 bridgehead atoms. The largest absolute Gasteiger partial charge is 0.318 e. The third-order valence-electron chi connectivity index (χ3n) is 4.47. The van der Waals surface area contributed by atoms with Gasteiger partial charge in [0.1, 0.15) is 5.01 Å². The number of piperidine rings is 3. The van der Waals surface area contributed by atoms with Crippen LogP contribution in [0.2, 0.25) is 0 Å². The number of fused-ring (bicyclic) bond motifs is 3. The van der Waals surface area contributed by atoms with Crippen LogP contribution in [0, 0.1) is 5.92 Å². The van der Waals surface area contributed by atoms with E-state index in [1.807, 2.05) is 0 Å². The van der Waals surface area contributed by atoms with Gasteiger partial charge in [-0.05, 0) is 31.8 Å². The number of nitrogens with zero attached hydrogens (tertiary/aromatic N) is 2. The molecule has 100 valence electrons. The quantitative estimate of drug-likeness (QED) is 0.847. The van der Waals surface area contributed by atoms with Gasteiger partial charge >= 0.3 is 0 Å². The zero-order valence-corrected chi connectivity index (χ0v) is 12.4. The first-order valence-corrected chi connectivity index (χ1v) is 7.75. The monoisotopic (exact) mass is 265 g/mol. The van der Waals surface area contributed by atoms with Crippen LogP contribution in [0.25, 0.3) is 0 Å². The SMILES string of the molecule is CC(C)(C)c1csc(C2(N)CN3CCC2CC3)n1. The van der Waals surface area contributed by atoms with E-state index in [2.05, 4.69) is 31.1 Å². The summed E-state index contributed by atoms with van der Waals surface area (Å²) in [7, 11) is 0. The third kappa shape index (κ3) is 1.91. The van der Waals surface area contributed by atoms with E-state index < -0.39 is 0 Å². The summed E-state index contributed by atoms with van der Waals surface area (Å²) in [6.45, 7) is 10.1. The highest BCUT2D eigenvalue weighted by molar-refractivity contribution is 7.09. The van der Waals surface area contributed by atoms with Crippen LogP contribution in [-0.4, -0.2) is 29.5 Å². The zero-order valence-electron chi connectivity index (χ0n) is 11.6. The molecule has 4 heterocycles. The number of hydrogen-bond acceptors (Lipinski definition) is 4. The van der Waals surface area contributed by atoms with Crippen LogP contribution in [0.5, 0.6) is 0 Å². The van der Waals surface area contributed by atoms with Gasteiger partial charge < -0.3 is 10.6 Å². The lowest BCUT2D eigenvalue weighted by molar-refractivity contribution is 0.0264. The van der Waals surface area contributed by atoms with Gasteiger partial charge in [0, 0.05) is 17.3 Å². The Balaban J connectivity index is 1.92. The van der Waals surface area contributed by atoms with Crippen molar-refractivity contribution < 1.29 is 0 Å². The molecular formula is C14H23N3S. The predicted octanol–water partition coefficient (Wildman–Crippen LogP) is 2.32. The Morgan fingerprint density at radius 1 is 1.39 bits per heavy atom. The minimum absolute atomic E-state index is 0.124. The predicted molar refractivity (Wildman–Crippen MR) is 75.8 cm³/mol. The molecule has 4 rings (SSSR count). The first-order chi connectivity index (χ1) is 8.39. The molecule has 1 unspecified atom stereocenters. The fourth-order valence-electron chi connectivity index (χ4n) is 3.18. The van der Waals surface area contributed by atoms with E-state index in [1.165, 1.54) is 31.6 Å². The summed E-state index contributed by atoms with van der Waals surface area (Å²) < 4.78 is 0. The third-order valence-corrected chi connectivity index (χ3v) is 5.51. The summed E-state index contributed by atoms with van der Waals surface area (Å²) in [5, 5.41) is 3.35. The fourth-order valence-corrected chi connectivity index (χ4v) is 4.41. The van der Waals surface area contributed by atoms with Crippen molar-refractivity contribution in [1.29, 1.82) is 0 Å². The van der Waals surface area contributed by atoms with E-state index in [-0.39, 0.29) is 11.0 Å². The number of rotatable bonds is 1. The van der Waals surface area contributed by atoms with Crippen LogP contribution < -0.4 is 5.73 Å². The molecule has 0 aromatic carbocycles. The van der Waals surface area contributed by atoms with Crippen LogP contribution >= 0.6 is 11.3 Å². The molecule has 3 saturated heterocycles. The minimum atomic E-state index is -0.190. The van der Waals surface area contributed by atoms with Crippen LogP contribution in [0.15, 0.2) is 5.38 Å². The summed E-state index contributed by atoms with van der Waals surface area (Å²) in [6.07, 6.45) is 2.47. The van der Waals surface area contributed by atoms with Gasteiger partial charge in [0.05, 0.1) is 11.2 Å². The summed E-state index contributed by atoms with van der Waals surface area (Å²) in [4.78, 5) is 7.36. The summed E-state index contributed by atoms with van der Waals surface area (Å²) in [5.74, 6) is 0.626. The molecule has 0 aliphatic carbocycles. The van der Waals surface area contributed by atoms with Gasteiger partial charge in [0.25, 0.3) is 0 Å². The highest BCUT2D eigenvalue weighted by atomic mass is 32.1. The molecule has 1 atom stereocenters. The van der Waals surface area contributed by atoms with Crippen LogP contribution in [0.1, 0.15) is 44.3 Å². The molecule has 4 heteroatoms. The normalized spacial score (nSPS) is 36.0. The molecule has 0 radical (unpaired) electrons. The lowest BCUT2D eigenvalue weighted by Gasteiger charge is -2.50. The zero-order chi connectivity index (χ0) is 13.0. The van der Waals surface area contributed by atoms with Crippen LogP contribution in [0.3, 0.4) is 0 Å². The highest BCUT2D eigenvalue weighted by Crippen LogP contribution is 2.42. The fraction of sp³-hybridized carbons (Fsp3) is 0.786. The Labute approximate surface area is 113 Å². The second-order valence-corrected chi connectivity index (χ2v) is 7.74. The summed E-state index contributed by atoms with van der Waals surface area (Å²) in [6, 6.07) is 0. The van der Waals surface area contributed by atoms with Gasteiger partial charge in [-0.1, -0.05) is 20.8 Å².